The second-order valence-electron chi connectivity index (χ2n) is 7.78. The number of nitrogens with zero attached hydrogens (tertiary/aromatic N) is 3. The first-order valence-corrected chi connectivity index (χ1v) is 10.3. The largest absolute Gasteiger partial charge is 0.325 e. The van der Waals surface area contributed by atoms with Gasteiger partial charge in [0.2, 0.25) is 5.91 Å². The zero-order valence-electron chi connectivity index (χ0n) is 16.8. The summed E-state index contributed by atoms with van der Waals surface area (Å²) in [6, 6.07) is 18.2. The van der Waals surface area contributed by atoms with E-state index in [2.05, 4.69) is 60.6 Å². The van der Waals surface area contributed by atoms with E-state index in [0.717, 1.165) is 23.1 Å². The molecule has 146 valence electrons. The fraction of sp³-hybridized carbons (Fsp3) is 0.318. The topological polar surface area (TPSA) is 59.8 Å². The molecule has 1 heterocycles. The van der Waals surface area contributed by atoms with E-state index in [1.807, 2.05) is 41.9 Å². The number of hydrogen-bond acceptors (Lipinski definition) is 4. The van der Waals surface area contributed by atoms with Crippen LogP contribution in [0.2, 0.25) is 0 Å². The van der Waals surface area contributed by atoms with E-state index in [9.17, 15) is 4.79 Å². The summed E-state index contributed by atoms with van der Waals surface area (Å²) in [6.07, 6.45) is 0.719. The summed E-state index contributed by atoms with van der Waals surface area (Å²) in [4.78, 5) is 12.3. The molecule has 2 aromatic carbocycles. The molecule has 1 amide bonds. The van der Waals surface area contributed by atoms with Gasteiger partial charge in [-0.2, -0.15) is 0 Å². The number of carbonyl (C=O) groups excluding carboxylic acids is 1. The molecule has 0 unspecified atom stereocenters. The van der Waals surface area contributed by atoms with Crippen LogP contribution < -0.4 is 5.32 Å². The summed E-state index contributed by atoms with van der Waals surface area (Å²) in [5, 5.41) is 12.2. The first-order valence-electron chi connectivity index (χ1n) is 9.28. The van der Waals surface area contributed by atoms with Crippen LogP contribution in [0.1, 0.15) is 37.7 Å². The maximum atomic E-state index is 12.3. The lowest BCUT2D eigenvalue weighted by Crippen LogP contribution is -2.15. The third-order valence-electron chi connectivity index (χ3n) is 4.50. The molecule has 0 saturated heterocycles. The van der Waals surface area contributed by atoms with Gasteiger partial charge < -0.3 is 9.88 Å². The highest BCUT2D eigenvalue weighted by atomic mass is 32.2. The van der Waals surface area contributed by atoms with Gasteiger partial charge in [-0.05, 0) is 28.7 Å². The predicted octanol–water partition coefficient (Wildman–Crippen LogP) is 4.43. The van der Waals surface area contributed by atoms with Crippen molar-refractivity contribution in [1.29, 1.82) is 0 Å². The van der Waals surface area contributed by atoms with Gasteiger partial charge in [0, 0.05) is 19.2 Å². The average molecular weight is 395 g/mol. The Morgan fingerprint density at radius 3 is 2.36 bits per heavy atom. The molecular weight excluding hydrogens is 368 g/mol. The van der Waals surface area contributed by atoms with Crippen molar-refractivity contribution in [3.8, 4) is 0 Å². The van der Waals surface area contributed by atoms with Crippen molar-refractivity contribution >= 4 is 23.4 Å². The minimum atomic E-state index is -0.0545. The highest BCUT2D eigenvalue weighted by Crippen LogP contribution is 2.24. The zero-order chi connectivity index (χ0) is 20.1. The van der Waals surface area contributed by atoms with Gasteiger partial charge in [0.1, 0.15) is 5.82 Å². The Balaban J connectivity index is 1.55. The summed E-state index contributed by atoms with van der Waals surface area (Å²) in [6.45, 7) is 6.51. The van der Waals surface area contributed by atoms with Crippen molar-refractivity contribution in [2.75, 3.05) is 11.1 Å². The van der Waals surface area contributed by atoms with E-state index in [1.165, 1.54) is 22.9 Å². The number of hydrogen-bond donors (Lipinski definition) is 1. The van der Waals surface area contributed by atoms with Gasteiger partial charge in [0.15, 0.2) is 5.16 Å². The summed E-state index contributed by atoms with van der Waals surface area (Å²) in [5.74, 6) is 1.12. The minimum absolute atomic E-state index is 0.0545. The molecule has 0 aliphatic carbocycles. The zero-order valence-corrected chi connectivity index (χ0v) is 17.6. The monoisotopic (exact) mass is 394 g/mol. The number of carbonyl (C=O) groups is 1. The number of aromatic nitrogens is 3. The van der Waals surface area contributed by atoms with Gasteiger partial charge in [-0.15, -0.1) is 10.2 Å². The van der Waals surface area contributed by atoms with Crippen LogP contribution in [0.25, 0.3) is 0 Å². The van der Waals surface area contributed by atoms with Gasteiger partial charge in [0.05, 0.1) is 5.75 Å². The van der Waals surface area contributed by atoms with Crippen LogP contribution in [0.3, 0.4) is 0 Å². The van der Waals surface area contributed by atoms with E-state index in [-0.39, 0.29) is 11.3 Å². The summed E-state index contributed by atoms with van der Waals surface area (Å²) in [5.41, 5.74) is 3.33. The Morgan fingerprint density at radius 1 is 1.04 bits per heavy atom. The second-order valence-corrected chi connectivity index (χ2v) is 8.73. The smallest absolute Gasteiger partial charge is 0.234 e. The molecule has 1 N–H and O–H groups in total. The van der Waals surface area contributed by atoms with Crippen molar-refractivity contribution in [2.45, 2.75) is 37.8 Å². The van der Waals surface area contributed by atoms with Crippen LogP contribution in [-0.4, -0.2) is 26.4 Å². The van der Waals surface area contributed by atoms with Crippen LogP contribution in [0.5, 0.6) is 0 Å². The van der Waals surface area contributed by atoms with E-state index >= 15 is 0 Å². The quantitative estimate of drug-likeness (QED) is 0.628. The lowest BCUT2D eigenvalue weighted by molar-refractivity contribution is -0.113. The van der Waals surface area contributed by atoms with Crippen molar-refractivity contribution in [3.05, 3.63) is 71.5 Å². The van der Waals surface area contributed by atoms with Crippen LogP contribution in [0.4, 0.5) is 5.69 Å². The number of thioether (sulfide) groups is 1. The molecule has 0 fully saturated rings. The number of anilines is 1. The number of nitrogens with one attached hydrogen (secondary N) is 1. The Hall–Kier alpha value is -2.60. The molecule has 6 heteroatoms. The molecule has 0 radical (unpaired) electrons. The molecule has 0 spiro atoms. The maximum absolute atomic E-state index is 12.3. The van der Waals surface area contributed by atoms with Crippen molar-refractivity contribution in [2.24, 2.45) is 7.05 Å². The lowest BCUT2D eigenvalue weighted by atomic mass is 9.87. The molecule has 0 saturated carbocycles. The predicted molar refractivity (Wildman–Crippen MR) is 115 cm³/mol. The van der Waals surface area contributed by atoms with E-state index in [1.54, 1.807) is 0 Å². The third-order valence-corrected chi connectivity index (χ3v) is 5.52. The molecule has 3 rings (SSSR count). The van der Waals surface area contributed by atoms with Crippen molar-refractivity contribution < 1.29 is 4.79 Å². The Morgan fingerprint density at radius 2 is 1.71 bits per heavy atom. The number of rotatable bonds is 6. The molecule has 5 nitrogen and oxygen atoms in total. The van der Waals surface area contributed by atoms with Crippen LogP contribution >= 0.6 is 11.8 Å². The molecule has 0 aliphatic rings. The standard InChI is InChI=1S/C22H26N4OS/c1-22(2,3)17-10-12-18(13-11-17)23-20(27)15-28-21-25-24-19(26(21)4)14-16-8-6-5-7-9-16/h5-13H,14-15H2,1-4H3,(H,23,27). The Labute approximate surface area is 170 Å². The molecular formula is C22H26N4OS. The SMILES string of the molecule is Cn1c(Cc2ccccc2)nnc1SCC(=O)Nc1ccc(C(C)(C)C)cc1. The molecule has 0 aliphatic heterocycles. The van der Waals surface area contributed by atoms with E-state index in [0.29, 0.717) is 5.75 Å². The normalized spacial score (nSPS) is 11.4. The number of benzene rings is 2. The molecule has 0 bridgehead atoms. The summed E-state index contributed by atoms with van der Waals surface area (Å²) >= 11 is 1.39. The van der Waals surface area contributed by atoms with E-state index in [4.69, 9.17) is 0 Å². The van der Waals surface area contributed by atoms with Crippen molar-refractivity contribution in [1.82, 2.24) is 14.8 Å². The van der Waals surface area contributed by atoms with Gasteiger partial charge in [-0.25, -0.2) is 0 Å². The lowest BCUT2D eigenvalue weighted by Gasteiger charge is -2.19. The highest BCUT2D eigenvalue weighted by molar-refractivity contribution is 7.99. The molecule has 3 aromatic rings. The fourth-order valence-electron chi connectivity index (χ4n) is 2.78. The second kappa shape index (κ2) is 8.61. The Bertz CT molecular complexity index is 927. The summed E-state index contributed by atoms with van der Waals surface area (Å²) in [7, 11) is 1.93. The first-order chi connectivity index (χ1) is 13.3. The number of amides is 1. The maximum Gasteiger partial charge on any atom is 0.234 e. The average Bonchev–Trinajstić information content (AvgIpc) is 3.00. The molecule has 0 atom stereocenters. The van der Waals surface area contributed by atoms with Crippen molar-refractivity contribution in [3.63, 3.8) is 0 Å². The van der Waals surface area contributed by atoms with Crippen LogP contribution in [0.15, 0.2) is 59.8 Å². The molecule has 28 heavy (non-hydrogen) atoms. The highest BCUT2D eigenvalue weighted by Gasteiger charge is 2.14. The third kappa shape index (κ3) is 5.23. The summed E-state index contributed by atoms with van der Waals surface area (Å²) < 4.78 is 1.95. The van der Waals surface area contributed by atoms with Gasteiger partial charge in [-0.3, -0.25) is 4.79 Å². The van der Waals surface area contributed by atoms with Crippen LogP contribution in [0, 0.1) is 0 Å². The van der Waals surface area contributed by atoms with Gasteiger partial charge >= 0.3 is 0 Å². The first kappa shape index (κ1) is 20.1. The van der Waals surface area contributed by atoms with Gasteiger partial charge in [0.25, 0.3) is 0 Å². The Kier molecular flexibility index (Phi) is 6.19. The minimum Gasteiger partial charge on any atom is -0.325 e. The fourth-order valence-corrected chi connectivity index (χ4v) is 3.51. The van der Waals surface area contributed by atoms with Gasteiger partial charge in [-0.1, -0.05) is 75.0 Å². The molecule has 1 aromatic heterocycles. The van der Waals surface area contributed by atoms with Crippen LogP contribution in [-0.2, 0) is 23.7 Å². The van der Waals surface area contributed by atoms with E-state index < -0.39 is 0 Å².